The molecule has 0 aliphatic carbocycles. The molecule has 1 atom stereocenters. The molecule has 1 aliphatic heterocycles. The van der Waals surface area contributed by atoms with Gasteiger partial charge in [-0.2, -0.15) is 0 Å². The van der Waals surface area contributed by atoms with E-state index in [-0.39, 0.29) is 35.0 Å². The summed E-state index contributed by atoms with van der Waals surface area (Å²) in [5.41, 5.74) is -0.318. The topological polar surface area (TPSA) is 104 Å². The summed E-state index contributed by atoms with van der Waals surface area (Å²) in [6.07, 6.45) is 0.478. The molecule has 0 saturated carbocycles. The summed E-state index contributed by atoms with van der Waals surface area (Å²) >= 11 is 3.01. The van der Waals surface area contributed by atoms with E-state index in [0.29, 0.717) is 0 Å². The monoisotopic (exact) mass is 301 g/mol. The number of carbonyl (C=O) groups is 2. The van der Waals surface area contributed by atoms with Crippen LogP contribution >= 0.6 is 15.9 Å². The second-order valence-corrected chi connectivity index (χ2v) is 4.34. The number of carbonyl (C=O) groups excluding carboxylic acids is 1. The Kier molecular flexibility index (Phi) is 3.07. The van der Waals surface area contributed by atoms with Gasteiger partial charge in [-0.05, 0) is 15.9 Å². The SMILES string of the molecule is O=C(O)c1nc(Br)cnc1N1CC(O)CC1=O. The number of aliphatic hydroxyl groups is 1. The van der Waals surface area contributed by atoms with Crippen LogP contribution in [0, 0.1) is 0 Å². The van der Waals surface area contributed by atoms with Crippen molar-refractivity contribution in [3.05, 3.63) is 16.5 Å². The van der Waals surface area contributed by atoms with Gasteiger partial charge in [0.1, 0.15) is 4.60 Å². The number of β-amino-alcohol motifs (C(OH)–C–C–N with tert-alkyl or cyclic N) is 1. The minimum Gasteiger partial charge on any atom is -0.476 e. The molecule has 0 radical (unpaired) electrons. The highest BCUT2D eigenvalue weighted by Gasteiger charge is 2.33. The maximum Gasteiger partial charge on any atom is 0.358 e. The molecule has 0 aromatic carbocycles. The Hall–Kier alpha value is -1.54. The van der Waals surface area contributed by atoms with Crippen LogP contribution in [0.4, 0.5) is 5.82 Å². The molecule has 90 valence electrons. The fourth-order valence-electron chi connectivity index (χ4n) is 1.60. The number of hydrogen-bond acceptors (Lipinski definition) is 5. The highest BCUT2D eigenvalue weighted by atomic mass is 79.9. The normalized spacial score (nSPS) is 19.8. The van der Waals surface area contributed by atoms with E-state index in [1.807, 2.05) is 0 Å². The van der Waals surface area contributed by atoms with Crippen LogP contribution in [-0.2, 0) is 4.79 Å². The first kappa shape index (κ1) is 11.9. The van der Waals surface area contributed by atoms with Gasteiger partial charge in [-0.1, -0.05) is 0 Å². The van der Waals surface area contributed by atoms with Crippen LogP contribution in [0.2, 0.25) is 0 Å². The summed E-state index contributed by atoms with van der Waals surface area (Å²) in [6.45, 7) is 0.0371. The molecule has 17 heavy (non-hydrogen) atoms. The number of aromatic carboxylic acids is 1. The predicted molar refractivity (Wildman–Crippen MR) is 59.7 cm³/mol. The van der Waals surface area contributed by atoms with Crippen LogP contribution in [-0.4, -0.2) is 44.7 Å². The van der Waals surface area contributed by atoms with Crippen molar-refractivity contribution in [3.63, 3.8) is 0 Å². The summed E-state index contributed by atoms with van der Waals surface area (Å²) in [5.74, 6) is -1.68. The second kappa shape index (κ2) is 4.38. The van der Waals surface area contributed by atoms with Gasteiger partial charge in [0.25, 0.3) is 0 Å². The smallest absolute Gasteiger partial charge is 0.358 e. The van der Waals surface area contributed by atoms with Gasteiger partial charge in [0.2, 0.25) is 5.91 Å². The lowest BCUT2D eigenvalue weighted by Crippen LogP contribution is -2.28. The first-order valence-electron chi connectivity index (χ1n) is 4.73. The molecule has 1 amide bonds. The average molecular weight is 302 g/mol. The van der Waals surface area contributed by atoms with Crippen molar-refractivity contribution in [2.24, 2.45) is 0 Å². The van der Waals surface area contributed by atoms with Crippen molar-refractivity contribution in [1.29, 1.82) is 0 Å². The molecule has 1 aromatic rings. The van der Waals surface area contributed by atoms with Crippen LogP contribution in [0.3, 0.4) is 0 Å². The summed E-state index contributed by atoms with van der Waals surface area (Å²) in [7, 11) is 0. The molecular weight excluding hydrogens is 294 g/mol. The summed E-state index contributed by atoms with van der Waals surface area (Å²) in [4.78, 5) is 31.3. The van der Waals surface area contributed by atoms with Crippen molar-refractivity contribution in [2.75, 3.05) is 11.4 Å². The minimum atomic E-state index is -1.28. The third-order valence-corrected chi connectivity index (χ3v) is 2.67. The minimum absolute atomic E-state index is 0.0309. The van der Waals surface area contributed by atoms with Gasteiger partial charge in [-0.3, -0.25) is 9.69 Å². The number of amides is 1. The molecule has 0 bridgehead atoms. The molecule has 1 fully saturated rings. The van der Waals surface area contributed by atoms with E-state index in [9.17, 15) is 14.7 Å². The first-order chi connectivity index (χ1) is 7.99. The van der Waals surface area contributed by atoms with E-state index in [4.69, 9.17) is 5.11 Å². The maximum absolute atomic E-state index is 11.5. The van der Waals surface area contributed by atoms with Gasteiger partial charge in [0.15, 0.2) is 11.5 Å². The number of hydrogen-bond donors (Lipinski definition) is 2. The van der Waals surface area contributed by atoms with Crippen LogP contribution in [0.5, 0.6) is 0 Å². The summed E-state index contributed by atoms with van der Waals surface area (Å²) in [5, 5.41) is 18.3. The molecule has 1 saturated heterocycles. The number of carboxylic acid groups (broad SMARTS) is 1. The fraction of sp³-hybridized carbons (Fsp3) is 0.333. The van der Waals surface area contributed by atoms with E-state index in [0.717, 1.165) is 4.90 Å². The number of anilines is 1. The number of rotatable bonds is 2. The predicted octanol–water partition coefficient (Wildman–Crippen LogP) is 0.0349. The molecule has 7 nitrogen and oxygen atoms in total. The summed E-state index contributed by atoms with van der Waals surface area (Å²) < 4.78 is 0.269. The lowest BCUT2D eigenvalue weighted by atomic mass is 10.3. The Labute approximate surface area is 104 Å². The van der Waals surface area contributed by atoms with Crippen LogP contribution in [0.1, 0.15) is 16.9 Å². The largest absolute Gasteiger partial charge is 0.476 e. The van der Waals surface area contributed by atoms with Crippen LogP contribution < -0.4 is 4.90 Å². The van der Waals surface area contributed by atoms with Gasteiger partial charge >= 0.3 is 5.97 Å². The quantitative estimate of drug-likeness (QED) is 0.799. The first-order valence-corrected chi connectivity index (χ1v) is 5.52. The van der Waals surface area contributed by atoms with Crippen LogP contribution in [0.15, 0.2) is 10.8 Å². The molecule has 0 spiro atoms. The molecule has 8 heteroatoms. The number of halogens is 1. The van der Waals surface area contributed by atoms with Crippen molar-refractivity contribution in [3.8, 4) is 0 Å². The Morgan fingerprint density at radius 1 is 1.59 bits per heavy atom. The molecule has 2 rings (SSSR count). The Morgan fingerprint density at radius 2 is 2.29 bits per heavy atom. The zero-order valence-electron chi connectivity index (χ0n) is 8.50. The molecule has 1 aromatic heterocycles. The number of nitrogens with zero attached hydrogens (tertiary/aromatic N) is 3. The number of aliphatic hydroxyl groups excluding tert-OH is 1. The lowest BCUT2D eigenvalue weighted by molar-refractivity contribution is -0.117. The zero-order valence-corrected chi connectivity index (χ0v) is 10.1. The van der Waals surface area contributed by atoms with E-state index in [1.54, 1.807) is 0 Å². The van der Waals surface area contributed by atoms with Crippen molar-refractivity contribution >= 4 is 33.6 Å². The Balaban J connectivity index is 2.45. The zero-order chi connectivity index (χ0) is 12.6. The van der Waals surface area contributed by atoms with Gasteiger partial charge in [0.05, 0.1) is 25.3 Å². The Morgan fingerprint density at radius 3 is 2.82 bits per heavy atom. The van der Waals surface area contributed by atoms with E-state index < -0.39 is 12.1 Å². The molecular formula is C9H8BrN3O4. The number of carboxylic acids is 1. The molecule has 1 unspecified atom stereocenters. The van der Waals surface area contributed by atoms with Crippen molar-refractivity contribution < 1.29 is 19.8 Å². The third-order valence-electron chi connectivity index (χ3n) is 2.29. The summed E-state index contributed by atoms with van der Waals surface area (Å²) in [6, 6.07) is 0. The average Bonchev–Trinajstić information content (AvgIpc) is 2.57. The third kappa shape index (κ3) is 2.27. The molecule has 2 heterocycles. The van der Waals surface area contributed by atoms with Gasteiger partial charge in [-0.25, -0.2) is 14.8 Å². The molecule has 2 N–H and O–H groups in total. The fourth-order valence-corrected chi connectivity index (χ4v) is 1.88. The maximum atomic E-state index is 11.5. The van der Waals surface area contributed by atoms with Gasteiger partial charge < -0.3 is 10.2 Å². The molecule has 1 aliphatic rings. The van der Waals surface area contributed by atoms with Gasteiger partial charge in [0, 0.05) is 0 Å². The van der Waals surface area contributed by atoms with E-state index in [1.165, 1.54) is 6.20 Å². The number of aromatic nitrogens is 2. The highest BCUT2D eigenvalue weighted by molar-refractivity contribution is 9.10. The second-order valence-electron chi connectivity index (χ2n) is 3.53. The lowest BCUT2D eigenvalue weighted by Gasteiger charge is -2.15. The van der Waals surface area contributed by atoms with E-state index >= 15 is 0 Å². The van der Waals surface area contributed by atoms with E-state index in [2.05, 4.69) is 25.9 Å². The standard InChI is InChI=1S/C9H8BrN3O4/c10-5-2-11-8(7(12-5)9(16)17)13-3-4(14)1-6(13)15/h2,4,14H,1,3H2,(H,16,17). The van der Waals surface area contributed by atoms with Crippen molar-refractivity contribution in [2.45, 2.75) is 12.5 Å². The highest BCUT2D eigenvalue weighted by Crippen LogP contribution is 2.23. The van der Waals surface area contributed by atoms with Crippen LogP contribution in [0.25, 0.3) is 0 Å². The van der Waals surface area contributed by atoms with Gasteiger partial charge in [-0.15, -0.1) is 0 Å². The van der Waals surface area contributed by atoms with Crippen molar-refractivity contribution in [1.82, 2.24) is 9.97 Å². The Bertz CT molecular complexity index is 493.